The van der Waals surface area contributed by atoms with E-state index in [1.807, 2.05) is 6.92 Å². The number of aromatic hydroxyl groups is 1. The maximum atomic E-state index is 10.2. The highest BCUT2D eigenvalue weighted by atomic mass is 79.9. The first kappa shape index (κ1) is 11.9. The van der Waals surface area contributed by atoms with Crippen molar-refractivity contribution in [3.05, 3.63) is 27.2 Å². The fourth-order valence-corrected chi connectivity index (χ4v) is 2.81. The largest absolute Gasteiger partial charge is 0.506 e. The fraction of sp³-hybridized carbons (Fsp3) is 0.538. The Labute approximate surface area is 105 Å². The van der Waals surface area contributed by atoms with Crippen molar-refractivity contribution in [3.8, 4) is 5.75 Å². The van der Waals surface area contributed by atoms with Gasteiger partial charge in [-0.25, -0.2) is 0 Å². The van der Waals surface area contributed by atoms with E-state index < -0.39 is 0 Å². The van der Waals surface area contributed by atoms with Crippen LogP contribution in [0.3, 0.4) is 0 Å². The summed E-state index contributed by atoms with van der Waals surface area (Å²) < 4.78 is 0.842. The SMILES string of the molecule is Cc1cc(C2CCCCN2)c(O)c(Br)c1C. The molecule has 1 saturated heterocycles. The van der Waals surface area contributed by atoms with Gasteiger partial charge in [0.15, 0.2) is 0 Å². The first-order valence-corrected chi connectivity index (χ1v) is 6.62. The average molecular weight is 284 g/mol. The van der Waals surface area contributed by atoms with Crippen molar-refractivity contribution < 1.29 is 5.11 Å². The van der Waals surface area contributed by atoms with Crippen LogP contribution in [0.5, 0.6) is 5.75 Å². The van der Waals surface area contributed by atoms with Crippen LogP contribution in [0.2, 0.25) is 0 Å². The number of hydrogen-bond donors (Lipinski definition) is 2. The zero-order valence-corrected chi connectivity index (χ0v) is 11.4. The van der Waals surface area contributed by atoms with Crippen LogP contribution >= 0.6 is 15.9 Å². The van der Waals surface area contributed by atoms with Gasteiger partial charge >= 0.3 is 0 Å². The van der Waals surface area contributed by atoms with Crippen LogP contribution in [-0.2, 0) is 0 Å². The van der Waals surface area contributed by atoms with Crippen LogP contribution < -0.4 is 5.32 Å². The number of hydrogen-bond acceptors (Lipinski definition) is 2. The average Bonchev–Trinajstić information content (AvgIpc) is 2.32. The third kappa shape index (κ3) is 2.11. The Balaban J connectivity index is 2.40. The maximum absolute atomic E-state index is 10.2. The van der Waals surface area contributed by atoms with Crippen LogP contribution in [0.15, 0.2) is 10.5 Å². The summed E-state index contributed by atoms with van der Waals surface area (Å²) in [6.45, 7) is 5.16. The first-order chi connectivity index (χ1) is 7.61. The minimum atomic E-state index is 0.310. The van der Waals surface area contributed by atoms with Crippen molar-refractivity contribution in [2.75, 3.05) is 6.54 Å². The summed E-state index contributed by atoms with van der Waals surface area (Å²) in [6.07, 6.45) is 3.59. The number of benzene rings is 1. The minimum absolute atomic E-state index is 0.310. The molecule has 1 heterocycles. The monoisotopic (exact) mass is 283 g/mol. The lowest BCUT2D eigenvalue weighted by molar-refractivity contribution is 0.389. The smallest absolute Gasteiger partial charge is 0.134 e. The standard InChI is InChI=1S/C13H18BrNO/c1-8-7-10(11-5-3-4-6-15-11)13(16)12(14)9(8)2/h7,11,15-16H,3-6H2,1-2H3. The normalized spacial score (nSPS) is 21.1. The summed E-state index contributed by atoms with van der Waals surface area (Å²) in [5.74, 6) is 0.405. The number of phenols is 1. The molecule has 88 valence electrons. The molecular formula is C13H18BrNO. The van der Waals surface area contributed by atoms with Gasteiger partial charge in [0.25, 0.3) is 0 Å². The molecule has 1 aliphatic heterocycles. The summed E-state index contributed by atoms with van der Waals surface area (Å²) in [4.78, 5) is 0. The highest BCUT2D eigenvalue weighted by molar-refractivity contribution is 9.10. The van der Waals surface area contributed by atoms with Gasteiger partial charge in [-0.05, 0) is 60.3 Å². The van der Waals surface area contributed by atoms with E-state index in [0.29, 0.717) is 11.8 Å². The van der Waals surface area contributed by atoms with E-state index in [0.717, 1.165) is 28.6 Å². The van der Waals surface area contributed by atoms with Gasteiger partial charge in [0.2, 0.25) is 0 Å². The van der Waals surface area contributed by atoms with Crippen molar-refractivity contribution in [1.29, 1.82) is 0 Å². The number of nitrogens with one attached hydrogen (secondary N) is 1. The van der Waals surface area contributed by atoms with E-state index in [1.165, 1.54) is 18.4 Å². The van der Waals surface area contributed by atoms with Gasteiger partial charge < -0.3 is 10.4 Å². The Bertz CT molecular complexity index is 397. The van der Waals surface area contributed by atoms with E-state index in [2.05, 4.69) is 34.2 Å². The Morgan fingerprint density at radius 3 is 2.75 bits per heavy atom. The predicted molar refractivity (Wildman–Crippen MR) is 69.9 cm³/mol. The van der Waals surface area contributed by atoms with E-state index in [9.17, 15) is 5.11 Å². The topological polar surface area (TPSA) is 32.3 Å². The summed E-state index contributed by atoms with van der Waals surface area (Å²) in [5, 5.41) is 13.6. The third-order valence-corrected chi connectivity index (χ3v) is 4.43. The van der Waals surface area contributed by atoms with Crippen LogP contribution in [0.1, 0.15) is 42.0 Å². The van der Waals surface area contributed by atoms with Crippen molar-refractivity contribution in [1.82, 2.24) is 5.32 Å². The van der Waals surface area contributed by atoms with Crippen LogP contribution in [0.4, 0.5) is 0 Å². The highest BCUT2D eigenvalue weighted by Gasteiger charge is 2.20. The lowest BCUT2D eigenvalue weighted by Gasteiger charge is -2.25. The number of phenolic OH excluding ortho intramolecular Hbond substituents is 1. The molecule has 0 aliphatic carbocycles. The van der Waals surface area contributed by atoms with Gasteiger partial charge in [0.05, 0.1) is 4.47 Å². The highest BCUT2D eigenvalue weighted by Crippen LogP contribution is 2.38. The van der Waals surface area contributed by atoms with Gasteiger partial charge in [-0.15, -0.1) is 0 Å². The van der Waals surface area contributed by atoms with Gasteiger partial charge in [-0.3, -0.25) is 0 Å². The van der Waals surface area contributed by atoms with Crippen molar-refractivity contribution >= 4 is 15.9 Å². The molecule has 1 unspecified atom stereocenters. The molecule has 3 heteroatoms. The quantitative estimate of drug-likeness (QED) is 0.826. The molecule has 1 aromatic carbocycles. The first-order valence-electron chi connectivity index (χ1n) is 5.83. The second-order valence-corrected chi connectivity index (χ2v) is 5.37. The molecule has 0 saturated carbocycles. The van der Waals surface area contributed by atoms with E-state index >= 15 is 0 Å². The molecule has 1 aliphatic rings. The predicted octanol–water partition coefficient (Wildman–Crippen LogP) is 3.59. The molecule has 0 amide bonds. The molecule has 1 atom stereocenters. The van der Waals surface area contributed by atoms with E-state index in [4.69, 9.17) is 0 Å². The van der Waals surface area contributed by atoms with Crippen LogP contribution in [0.25, 0.3) is 0 Å². The Hall–Kier alpha value is -0.540. The van der Waals surface area contributed by atoms with Gasteiger partial charge in [-0.2, -0.15) is 0 Å². The summed E-state index contributed by atoms with van der Waals surface area (Å²) in [7, 11) is 0. The molecule has 2 nitrogen and oxygen atoms in total. The van der Waals surface area contributed by atoms with Gasteiger partial charge in [-0.1, -0.05) is 12.5 Å². The number of aryl methyl sites for hydroxylation is 1. The molecule has 2 rings (SSSR count). The molecule has 1 fully saturated rings. The molecule has 0 bridgehead atoms. The van der Waals surface area contributed by atoms with Crippen LogP contribution in [0, 0.1) is 13.8 Å². The molecule has 0 aromatic heterocycles. The molecule has 0 spiro atoms. The Kier molecular flexibility index (Phi) is 3.55. The number of rotatable bonds is 1. The Morgan fingerprint density at radius 2 is 2.12 bits per heavy atom. The third-order valence-electron chi connectivity index (χ3n) is 3.46. The van der Waals surface area contributed by atoms with E-state index in [1.54, 1.807) is 0 Å². The zero-order chi connectivity index (χ0) is 11.7. The number of halogens is 1. The van der Waals surface area contributed by atoms with E-state index in [-0.39, 0.29) is 0 Å². The van der Waals surface area contributed by atoms with Gasteiger partial charge in [0, 0.05) is 11.6 Å². The minimum Gasteiger partial charge on any atom is -0.506 e. The maximum Gasteiger partial charge on any atom is 0.134 e. The molecule has 16 heavy (non-hydrogen) atoms. The zero-order valence-electron chi connectivity index (χ0n) is 9.81. The molecule has 0 radical (unpaired) electrons. The molecular weight excluding hydrogens is 266 g/mol. The fourth-order valence-electron chi connectivity index (χ4n) is 2.27. The molecule has 2 N–H and O–H groups in total. The number of piperidine rings is 1. The second kappa shape index (κ2) is 4.76. The summed E-state index contributed by atoms with van der Waals surface area (Å²) in [6, 6.07) is 2.42. The van der Waals surface area contributed by atoms with Crippen molar-refractivity contribution in [3.63, 3.8) is 0 Å². The van der Waals surface area contributed by atoms with Crippen molar-refractivity contribution in [2.24, 2.45) is 0 Å². The van der Waals surface area contributed by atoms with Gasteiger partial charge in [0.1, 0.15) is 5.75 Å². The lowest BCUT2D eigenvalue weighted by Crippen LogP contribution is -2.27. The van der Waals surface area contributed by atoms with Crippen LogP contribution in [-0.4, -0.2) is 11.7 Å². The second-order valence-electron chi connectivity index (χ2n) is 4.57. The summed E-state index contributed by atoms with van der Waals surface area (Å²) in [5.41, 5.74) is 3.39. The Morgan fingerprint density at radius 1 is 1.38 bits per heavy atom. The summed E-state index contributed by atoms with van der Waals surface area (Å²) >= 11 is 3.47. The lowest BCUT2D eigenvalue weighted by atomic mass is 9.94. The van der Waals surface area contributed by atoms with Crippen molar-refractivity contribution in [2.45, 2.75) is 39.2 Å². The molecule has 1 aromatic rings.